The Morgan fingerprint density at radius 2 is 1.53 bits per heavy atom. The summed E-state index contributed by atoms with van der Waals surface area (Å²) in [6.45, 7) is 27.9. The zero-order valence-corrected chi connectivity index (χ0v) is 28.3. The van der Waals surface area contributed by atoms with Crippen molar-refractivity contribution < 1.29 is 27.9 Å². The Hall–Kier alpha value is -1.04. The Balaban J connectivity index is 2.16. The first kappa shape index (κ1) is 33.2. The zero-order chi connectivity index (χ0) is 29.2. The lowest BCUT2D eigenvalue weighted by atomic mass is 9.87. The fraction of sp³-hybridized carbons (Fsp3) is 0.767. The molecule has 0 spiro atoms. The molecule has 0 amide bonds. The maximum atomic E-state index is 12.6. The molecule has 1 aromatic rings. The van der Waals surface area contributed by atoms with Gasteiger partial charge >= 0.3 is 0 Å². The van der Waals surface area contributed by atoms with Crippen LogP contribution in [0.5, 0.6) is 5.75 Å². The third-order valence-electron chi connectivity index (χ3n) is 9.01. The minimum Gasteiger partial charge on any atom is -0.497 e. The summed E-state index contributed by atoms with van der Waals surface area (Å²) in [5, 5.41) is 0.0707. The number of epoxide rings is 1. The van der Waals surface area contributed by atoms with Gasteiger partial charge < -0.3 is 27.9 Å². The van der Waals surface area contributed by atoms with E-state index in [1.807, 2.05) is 24.3 Å². The first-order valence-corrected chi connectivity index (χ1v) is 19.8. The molecule has 0 saturated carbocycles. The number of carbonyl (C=O) groups excluding carboxylic acids is 1. The lowest BCUT2D eigenvalue weighted by molar-refractivity contribution is -0.117. The summed E-state index contributed by atoms with van der Waals surface area (Å²) in [7, 11) is -2.56. The molecule has 218 valence electrons. The Bertz CT molecular complexity index is 903. The molecule has 6 nitrogen and oxygen atoms in total. The van der Waals surface area contributed by atoms with Gasteiger partial charge in [-0.3, -0.25) is 0 Å². The van der Waals surface area contributed by atoms with Gasteiger partial charge in [-0.2, -0.15) is 0 Å². The largest absolute Gasteiger partial charge is 0.497 e. The molecule has 2 rings (SSSR count). The monoisotopic (exact) mass is 566 g/mol. The normalized spacial score (nSPS) is 23.0. The van der Waals surface area contributed by atoms with Gasteiger partial charge in [0.1, 0.15) is 17.6 Å². The highest BCUT2D eigenvalue weighted by atomic mass is 28.4. The number of rotatable bonds is 14. The smallest absolute Gasteiger partial charge is 0.192 e. The molecule has 1 heterocycles. The molecule has 1 fully saturated rings. The number of hydrogen-bond donors (Lipinski definition) is 0. The molecule has 1 aromatic carbocycles. The Morgan fingerprint density at radius 1 is 0.974 bits per heavy atom. The fourth-order valence-corrected chi connectivity index (χ4v) is 6.60. The molecule has 0 radical (unpaired) electrons. The number of methoxy groups -OCH3 is 1. The van der Waals surface area contributed by atoms with Gasteiger partial charge in [0.15, 0.2) is 16.6 Å². The second-order valence-corrected chi connectivity index (χ2v) is 23.8. The maximum Gasteiger partial charge on any atom is 0.192 e. The van der Waals surface area contributed by atoms with E-state index >= 15 is 0 Å². The standard InChI is InChI=1S/C30H54O6Si2/c1-22(19-33-20-23-14-16-25(32-9)17-15-23)26-30(8,35-26)27(36-38(12,13)29(5,6)7)24(18-31)21-34-37(10,11)28(2,3)4/h14-18,22,24,26-27H,19-21H2,1-13H3/t22-,24+,26+,27-,30?/m0/s1. The van der Waals surface area contributed by atoms with Crippen molar-refractivity contribution in [1.29, 1.82) is 0 Å². The first-order valence-electron chi connectivity index (χ1n) is 13.9. The maximum absolute atomic E-state index is 12.6. The van der Waals surface area contributed by atoms with E-state index in [-0.39, 0.29) is 28.2 Å². The van der Waals surface area contributed by atoms with Crippen LogP contribution in [-0.2, 0) is 29.7 Å². The van der Waals surface area contributed by atoms with Crippen molar-refractivity contribution in [2.75, 3.05) is 20.3 Å². The van der Waals surface area contributed by atoms with Crippen LogP contribution >= 0.6 is 0 Å². The first-order chi connectivity index (χ1) is 17.3. The summed E-state index contributed by atoms with van der Waals surface area (Å²) >= 11 is 0. The molecular weight excluding hydrogens is 512 g/mol. The molecule has 38 heavy (non-hydrogen) atoms. The highest BCUT2D eigenvalue weighted by Gasteiger charge is 2.63. The lowest BCUT2D eigenvalue weighted by Crippen LogP contribution is -2.53. The minimum absolute atomic E-state index is 0.00676. The van der Waals surface area contributed by atoms with Gasteiger partial charge in [0.25, 0.3) is 0 Å². The summed E-state index contributed by atoms with van der Waals surface area (Å²) in [6.07, 6.45) is 0.600. The summed E-state index contributed by atoms with van der Waals surface area (Å²) in [5.41, 5.74) is 0.529. The third-order valence-corrected chi connectivity index (χ3v) is 18.0. The number of hydrogen-bond acceptors (Lipinski definition) is 6. The Morgan fingerprint density at radius 3 is 2.00 bits per heavy atom. The van der Waals surface area contributed by atoms with E-state index in [9.17, 15) is 4.79 Å². The molecule has 1 aliphatic rings. The van der Waals surface area contributed by atoms with Gasteiger partial charge in [-0.05, 0) is 60.9 Å². The number of ether oxygens (including phenoxy) is 3. The quantitative estimate of drug-likeness (QED) is 0.134. The average molecular weight is 567 g/mol. The molecule has 0 aliphatic carbocycles. The van der Waals surface area contributed by atoms with E-state index in [4.69, 9.17) is 23.1 Å². The van der Waals surface area contributed by atoms with Crippen LogP contribution in [0.4, 0.5) is 0 Å². The molecular formula is C30H54O6Si2. The molecule has 5 atom stereocenters. The third kappa shape index (κ3) is 8.01. The molecule has 0 N–H and O–H groups in total. The van der Waals surface area contributed by atoms with Crippen molar-refractivity contribution in [3.8, 4) is 5.75 Å². The van der Waals surface area contributed by atoms with Crippen LogP contribution in [0.1, 0.15) is 61.0 Å². The summed E-state index contributed by atoms with van der Waals surface area (Å²) < 4.78 is 31.2. The number of aldehydes is 1. The molecule has 0 aromatic heterocycles. The summed E-state index contributed by atoms with van der Waals surface area (Å²) in [5.74, 6) is 0.581. The fourth-order valence-electron chi connectivity index (χ4n) is 4.16. The highest BCUT2D eigenvalue weighted by Crippen LogP contribution is 2.50. The van der Waals surface area contributed by atoms with E-state index in [1.165, 1.54) is 0 Å². The van der Waals surface area contributed by atoms with Crippen molar-refractivity contribution in [2.24, 2.45) is 11.8 Å². The molecule has 0 bridgehead atoms. The van der Waals surface area contributed by atoms with Gasteiger partial charge in [-0.1, -0.05) is 60.6 Å². The van der Waals surface area contributed by atoms with Gasteiger partial charge in [0.05, 0.1) is 38.4 Å². The van der Waals surface area contributed by atoms with Crippen LogP contribution in [0.25, 0.3) is 0 Å². The van der Waals surface area contributed by atoms with Crippen LogP contribution < -0.4 is 4.74 Å². The molecule has 1 aliphatic heterocycles. The van der Waals surface area contributed by atoms with Crippen molar-refractivity contribution >= 4 is 22.9 Å². The molecule has 8 heteroatoms. The second kappa shape index (κ2) is 12.2. The van der Waals surface area contributed by atoms with Crippen molar-refractivity contribution in [2.45, 2.75) is 116 Å². The summed E-state index contributed by atoms with van der Waals surface area (Å²) in [6, 6.07) is 7.91. The molecule has 1 unspecified atom stereocenters. The Kier molecular flexibility index (Phi) is 10.7. The van der Waals surface area contributed by atoms with Crippen molar-refractivity contribution in [3.63, 3.8) is 0 Å². The predicted molar refractivity (Wildman–Crippen MR) is 160 cm³/mol. The van der Waals surface area contributed by atoms with Gasteiger partial charge in [0, 0.05) is 12.5 Å². The van der Waals surface area contributed by atoms with E-state index < -0.39 is 28.2 Å². The van der Waals surface area contributed by atoms with Gasteiger partial charge in [-0.25, -0.2) is 0 Å². The molecule has 1 saturated heterocycles. The van der Waals surface area contributed by atoms with Crippen molar-refractivity contribution in [3.05, 3.63) is 29.8 Å². The SMILES string of the molecule is COc1ccc(COC[C@H](C)[C@H]2OC2(C)[C@@H](O[Si](C)(C)C(C)(C)C)[C@H](C=O)CO[Si](C)(C)C(C)(C)C)cc1. The van der Waals surface area contributed by atoms with E-state index in [2.05, 4.69) is 81.6 Å². The van der Waals surface area contributed by atoms with E-state index in [1.54, 1.807) is 7.11 Å². The van der Waals surface area contributed by atoms with Crippen LogP contribution in [0.15, 0.2) is 24.3 Å². The number of carbonyl (C=O) groups is 1. The average Bonchev–Trinajstić information content (AvgIpc) is 3.50. The van der Waals surface area contributed by atoms with E-state index in [0.717, 1.165) is 17.6 Å². The highest BCUT2D eigenvalue weighted by molar-refractivity contribution is 6.74. The van der Waals surface area contributed by atoms with Crippen molar-refractivity contribution in [1.82, 2.24) is 0 Å². The summed E-state index contributed by atoms with van der Waals surface area (Å²) in [4.78, 5) is 12.6. The zero-order valence-electron chi connectivity index (χ0n) is 26.3. The van der Waals surface area contributed by atoms with Crippen LogP contribution in [0.3, 0.4) is 0 Å². The van der Waals surface area contributed by atoms with Gasteiger partial charge in [-0.15, -0.1) is 0 Å². The number of benzene rings is 1. The topological polar surface area (TPSA) is 66.5 Å². The Labute approximate surface area is 234 Å². The van der Waals surface area contributed by atoms with Crippen LogP contribution in [-0.4, -0.2) is 61.1 Å². The second-order valence-electron chi connectivity index (χ2n) is 14.2. The van der Waals surface area contributed by atoms with Crippen LogP contribution in [0, 0.1) is 11.8 Å². The minimum atomic E-state index is -2.19. The van der Waals surface area contributed by atoms with Gasteiger partial charge in [0.2, 0.25) is 0 Å². The van der Waals surface area contributed by atoms with Crippen LogP contribution in [0.2, 0.25) is 36.3 Å². The predicted octanol–water partition coefficient (Wildman–Crippen LogP) is 7.23. The lowest BCUT2D eigenvalue weighted by Gasteiger charge is -2.43. The van der Waals surface area contributed by atoms with E-state index in [0.29, 0.717) is 19.8 Å².